The van der Waals surface area contributed by atoms with Crippen LogP contribution in [0, 0.1) is 0 Å². The molecule has 0 saturated carbocycles. The molecule has 0 heterocycles. The minimum Gasteiger partial charge on any atom is -0.462 e. The van der Waals surface area contributed by atoms with Gasteiger partial charge < -0.3 is 14.2 Å². The fourth-order valence-electron chi connectivity index (χ4n) is 8.66. The minimum absolute atomic E-state index is 0.0980. The molecule has 0 aromatic carbocycles. The molecule has 0 saturated heterocycles. The van der Waals surface area contributed by atoms with Gasteiger partial charge in [-0.25, -0.2) is 0 Å². The molecule has 0 aromatic heterocycles. The largest absolute Gasteiger partial charge is 0.462 e. The summed E-state index contributed by atoms with van der Waals surface area (Å²) in [6.45, 7) is 6.45. The van der Waals surface area contributed by atoms with Gasteiger partial charge in [0.25, 0.3) is 0 Å². The first-order valence-electron chi connectivity index (χ1n) is 31.2. The molecule has 0 aromatic rings. The molecule has 6 heteroatoms. The van der Waals surface area contributed by atoms with Crippen LogP contribution in [0.5, 0.6) is 0 Å². The predicted molar refractivity (Wildman–Crippen MR) is 320 cm³/mol. The van der Waals surface area contributed by atoms with E-state index >= 15 is 0 Å². The topological polar surface area (TPSA) is 78.9 Å². The van der Waals surface area contributed by atoms with Gasteiger partial charge in [0.1, 0.15) is 13.2 Å². The summed E-state index contributed by atoms with van der Waals surface area (Å²) in [6.07, 6.45) is 83.0. The lowest BCUT2D eigenvalue weighted by Crippen LogP contribution is -2.30. The number of ether oxygens (including phenoxy) is 3. The summed E-state index contributed by atoms with van der Waals surface area (Å²) < 4.78 is 16.8. The Labute approximate surface area is 457 Å². The van der Waals surface area contributed by atoms with Gasteiger partial charge in [0.15, 0.2) is 6.10 Å². The highest BCUT2D eigenvalue weighted by molar-refractivity contribution is 5.71. The zero-order chi connectivity index (χ0) is 53.6. The summed E-state index contributed by atoms with van der Waals surface area (Å²) in [7, 11) is 0. The van der Waals surface area contributed by atoms with Crippen LogP contribution in [-0.4, -0.2) is 37.2 Å². The molecule has 74 heavy (non-hydrogen) atoms. The minimum atomic E-state index is -0.804. The molecule has 0 N–H and O–H groups in total. The normalized spacial score (nSPS) is 12.7. The Balaban J connectivity index is 4.14. The van der Waals surface area contributed by atoms with Crippen LogP contribution in [0.1, 0.15) is 297 Å². The van der Waals surface area contributed by atoms with Crippen molar-refractivity contribution in [3.8, 4) is 0 Å². The molecule has 0 aliphatic rings. The summed E-state index contributed by atoms with van der Waals surface area (Å²) in [5, 5.41) is 0. The van der Waals surface area contributed by atoms with E-state index in [9.17, 15) is 14.4 Å². The number of carbonyl (C=O) groups is 3. The molecule has 0 aliphatic carbocycles. The van der Waals surface area contributed by atoms with E-state index < -0.39 is 6.10 Å². The zero-order valence-electron chi connectivity index (χ0n) is 48.6. The van der Waals surface area contributed by atoms with Gasteiger partial charge in [0.05, 0.1) is 0 Å². The Kier molecular flexibility index (Phi) is 58.8. The Morgan fingerprint density at radius 3 is 0.865 bits per heavy atom. The molecule has 6 nitrogen and oxygen atoms in total. The van der Waals surface area contributed by atoms with Crippen LogP contribution in [0.4, 0.5) is 0 Å². The Morgan fingerprint density at radius 1 is 0.284 bits per heavy atom. The quantitative estimate of drug-likeness (QED) is 0.0261. The van der Waals surface area contributed by atoms with Crippen molar-refractivity contribution in [1.82, 2.24) is 0 Å². The van der Waals surface area contributed by atoms with Gasteiger partial charge in [-0.3, -0.25) is 14.4 Å². The number of allylic oxidation sites excluding steroid dienone is 16. The first kappa shape index (κ1) is 70.3. The summed E-state index contributed by atoms with van der Waals surface area (Å²) in [5.41, 5.74) is 0. The third-order valence-electron chi connectivity index (χ3n) is 13.3. The lowest BCUT2D eigenvalue weighted by atomic mass is 10.0. The number of esters is 3. The fourth-order valence-corrected chi connectivity index (χ4v) is 8.66. The maximum Gasteiger partial charge on any atom is 0.306 e. The highest BCUT2D eigenvalue weighted by Gasteiger charge is 2.19. The van der Waals surface area contributed by atoms with Crippen molar-refractivity contribution in [2.45, 2.75) is 303 Å². The zero-order valence-corrected chi connectivity index (χ0v) is 48.6. The van der Waals surface area contributed by atoms with Crippen LogP contribution in [0.2, 0.25) is 0 Å². The van der Waals surface area contributed by atoms with Gasteiger partial charge in [-0.15, -0.1) is 0 Å². The van der Waals surface area contributed by atoms with Crippen LogP contribution in [0.25, 0.3) is 0 Å². The van der Waals surface area contributed by atoms with Crippen LogP contribution < -0.4 is 0 Å². The SMILES string of the molecule is CC/C=C\C/C=C\C/C=C\C/C=C\C/C=C\CCCC(=O)OC(COC(=O)CCCCCCCCCC)COC(=O)CCCCCCCCCCCCCCCCCC/C=C\C/C=C\C/C=C\CCCCCCC. The monoisotopic (exact) mass is 1030 g/mol. The second-order valence-electron chi connectivity index (χ2n) is 20.6. The Hall–Kier alpha value is -3.67. The maximum atomic E-state index is 12.8. The van der Waals surface area contributed by atoms with E-state index in [0.717, 1.165) is 89.9 Å². The van der Waals surface area contributed by atoms with Gasteiger partial charge >= 0.3 is 17.9 Å². The molecule has 1 unspecified atom stereocenters. The maximum absolute atomic E-state index is 12.8. The van der Waals surface area contributed by atoms with Gasteiger partial charge in [-0.2, -0.15) is 0 Å². The molecular weight excluding hydrogens is 913 g/mol. The average molecular weight is 1030 g/mol. The van der Waals surface area contributed by atoms with Crippen molar-refractivity contribution in [2.75, 3.05) is 13.2 Å². The fraction of sp³-hybridized carbons (Fsp3) is 0.721. The number of hydrogen-bond acceptors (Lipinski definition) is 6. The van der Waals surface area contributed by atoms with Crippen molar-refractivity contribution in [2.24, 2.45) is 0 Å². The van der Waals surface area contributed by atoms with E-state index in [1.807, 2.05) is 0 Å². The van der Waals surface area contributed by atoms with Crippen LogP contribution in [0.15, 0.2) is 97.2 Å². The molecule has 0 amide bonds. The predicted octanol–water partition coefficient (Wildman–Crippen LogP) is 21.3. The van der Waals surface area contributed by atoms with Crippen LogP contribution in [0.3, 0.4) is 0 Å². The highest BCUT2D eigenvalue weighted by atomic mass is 16.6. The number of rotatable bonds is 56. The number of unbranched alkanes of at least 4 members (excludes halogenated alkanes) is 29. The van der Waals surface area contributed by atoms with Gasteiger partial charge in [-0.05, 0) is 96.3 Å². The molecule has 0 fully saturated rings. The third kappa shape index (κ3) is 59.2. The Morgan fingerprint density at radius 2 is 0.541 bits per heavy atom. The molecule has 0 bridgehead atoms. The van der Waals surface area contributed by atoms with E-state index in [1.54, 1.807) is 0 Å². The highest BCUT2D eigenvalue weighted by Crippen LogP contribution is 2.16. The summed E-state index contributed by atoms with van der Waals surface area (Å²) in [4.78, 5) is 38.0. The lowest BCUT2D eigenvalue weighted by Gasteiger charge is -2.18. The van der Waals surface area contributed by atoms with Crippen molar-refractivity contribution < 1.29 is 28.6 Å². The summed E-state index contributed by atoms with van der Waals surface area (Å²) >= 11 is 0. The van der Waals surface area contributed by atoms with E-state index in [0.29, 0.717) is 19.3 Å². The van der Waals surface area contributed by atoms with Gasteiger partial charge in [-0.1, -0.05) is 279 Å². The standard InChI is InChI=1S/C68H116O6/c1-4-7-10-13-16-19-21-23-25-27-28-29-30-31-32-33-34-35-36-37-38-39-40-42-43-45-47-49-52-55-58-61-67(70)73-64-65(63-72-66(69)60-57-54-51-18-15-12-9-6-3)74-68(71)62-59-56-53-50-48-46-44-41-26-24-22-20-17-14-11-8-5-2/h8,11,17,20-21,23-24,26-28,30-31,44,46,50,53,65H,4-7,9-10,12-16,18-19,22,25,29,32-43,45,47-49,51-52,54-64H2,1-3H3/b11-8-,20-17-,23-21-,26-24-,28-27-,31-30-,46-44-,53-50-. The van der Waals surface area contributed by atoms with Crippen LogP contribution >= 0.6 is 0 Å². The second kappa shape index (κ2) is 61.9. The second-order valence-corrected chi connectivity index (χ2v) is 20.6. The molecule has 424 valence electrons. The molecular formula is C68H116O6. The molecule has 0 aliphatic heterocycles. The van der Waals surface area contributed by atoms with Crippen molar-refractivity contribution in [3.63, 3.8) is 0 Å². The summed E-state index contributed by atoms with van der Waals surface area (Å²) in [6, 6.07) is 0. The number of carbonyl (C=O) groups excluding carboxylic acids is 3. The molecule has 0 spiro atoms. The average Bonchev–Trinajstić information content (AvgIpc) is 3.40. The van der Waals surface area contributed by atoms with E-state index in [1.165, 1.54) is 161 Å². The summed E-state index contributed by atoms with van der Waals surface area (Å²) in [5.74, 6) is -0.956. The van der Waals surface area contributed by atoms with Gasteiger partial charge in [0.2, 0.25) is 0 Å². The third-order valence-corrected chi connectivity index (χ3v) is 13.3. The lowest BCUT2D eigenvalue weighted by molar-refractivity contribution is -0.167. The van der Waals surface area contributed by atoms with E-state index in [2.05, 4.69) is 118 Å². The van der Waals surface area contributed by atoms with Gasteiger partial charge in [0, 0.05) is 19.3 Å². The molecule has 0 radical (unpaired) electrons. The first-order valence-corrected chi connectivity index (χ1v) is 31.2. The first-order chi connectivity index (χ1) is 36.5. The van der Waals surface area contributed by atoms with Crippen LogP contribution in [-0.2, 0) is 28.6 Å². The Bertz CT molecular complexity index is 1460. The molecule has 0 rings (SSSR count). The van der Waals surface area contributed by atoms with Crippen molar-refractivity contribution in [1.29, 1.82) is 0 Å². The smallest absolute Gasteiger partial charge is 0.306 e. The molecule has 1 atom stereocenters. The number of hydrogen-bond donors (Lipinski definition) is 0. The van der Waals surface area contributed by atoms with Crippen molar-refractivity contribution >= 4 is 17.9 Å². The van der Waals surface area contributed by atoms with E-state index in [-0.39, 0.29) is 37.5 Å². The van der Waals surface area contributed by atoms with E-state index in [4.69, 9.17) is 14.2 Å². The van der Waals surface area contributed by atoms with Crippen molar-refractivity contribution in [3.05, 3.63) is 97.2 Å².